The Morgan fingerprint density at radius 1 is 0.756 bits per heavy atom. The second-order valence-corrected chi connectivity index (χ2v) is 15.1. The lowest BCUT2D eigenvalue weighted by Crippen LogP contribution is -2.51. The van der Waals surface area contributed by atoms with Gasteiger partial charge in [0.25, 0.3) is 0 Å². The largest absolute Gasteiger partial charge is 0.480 e. The third kappa shape index (κ3) is 11.2. The van der Waals surface area contributed by atoms with Crippen molar-refractivity contribution in [3.8, 4) is 0 Å². The van der Waals surface area contributed by atoms with Crippen LogP contribution in [0.2, 0.25) is 0 Å². The minimum absolute atomic E-state index is 0.0538. The van der Waals surface area contributed by atoms with E-state index in [1.165, 1.54) is 78.1 Å². The smallest absolute Gasteiger partial charge is 0.408 e. The van der Waals surface area contributed by atoms with Gasteiger partial charge in [-0.1, -0.05) is 38.5 Å². The first-order chi connectivity index (χ1) is 18.8. The van der Waals surface area contributed by atoms with Crippen LogP contribution in [0.15, 0.2) is 0 Å². The lowest BCUT2D eigenvalue weighted by molar-refractivity contribution is -0.169. The molecule has 10 heteroatoms. The highest BCUT2D eigenvalue weighted by Gasteiger charge is 2.47. The van der Waals surface area contributed by atoms with Crippen molar-refractivity contribution in [1.29, 1.82) is 0 Å². The van der Waals surface area contributed by atoms with E-state index in [9.17, 15) is 14.4 Å². The summed E-state index contributed by atoms with van der Waals surface area (Å²) in [4.78, 5) is 36.1. The molecule has 0 atom stereocenters. The number of aliphatic hydroxyl groups is 1. The van der Waals surface area contributed by atoms with Gasteiger partial charge in [-0.15, -0.1) is 0 Å². The van der Waals surface area contributed by atoms with Crippen LogP contribution in [0, 0.1) is 10.8 Å². The highest BCUT2D eigenvalue weighted by molar-refractivity contribution is 6.15. The van der Waals surface area contributed by atoms with Crippen LogP contribution in [0.3, 0.4) is 0 Å². The minimum Gasteiger partial charge on any atom is -0.480 e. The van der Waals surface area contributed by atoms with Gasteiger partial charge in [0.05, 0.1) is 6.10 Å². The predicted octanol–water partition coefficient (Wildman–Crippen LogP) is 6.63. The second-order valence-electron chi connectivity index (χ2n) is 14.9. The molecular weight excluding hydrogens is 548 g/mol. The number of hydrogen-bond donors (Lipinski definition) is 4. The molecule has 238 valence electrons. The van der Waals surface area contributed by atoms with Crippen molar-refractivity contribution < 1.29 is 34.1 Å². The molecule has 4 rings (SSSR count). The Morgan fingerprint density at radius 3 is 1.56 bits per heavy atom. The molecule has 0 aromatic carbocycles. The first kappa shape index (κ1) is 35.6. The third-order valence-electron chi connectivity index (χ3n) is 8.86. The number of ether oxygens (including phenoxy) is 2. The maximum absolute atomic E-state index is 11.8. The first-order valence-electron chi connectivity index (χ1n) is 15.3. The summed E-state index contributed by atoms with van der Waals surface area (Å²) in [6, 6.07) is 0. The maximum atomic E-state index is 11.8. The van der Waals surface area contributed by atoms with E-state index in [-0.39, 0.29) is 18.2 Å². The van der Waals surface area contributed by atoms with E-state index in [4.69, 9.17) is 31.5 Å². The second kappa shape index (κ2) is 14.3. The molecule has 1 amide bonds. The van der Waals surface area contributed by atoms with Gasteiger partial charge in [0.2, 0.25) is 0 Å². The van der Waals surface area contributed by atoms with Gasteiger partial charge < -0.3 is 25.0 Å². The summed E-state index contributed by atoms with van der Waals surface area (Å²) in [5.41, 5.74) is -1.61. The highest BCUT2D eigenvalue weighted by Crippen LogP contribution is 2.53. The topological polar surface area (TPSA) is 134 Å². The van der Waals surface area contributed by atoms with Gasteiger partial charge in [0.1, 0.15) is 22.8 Å². The van der Waals surface area contributed by atoms with Gasteiger partial charge in [0, 0.05) is 0 Å². The van der Waals surface area contributed by atoms with E-state index >= 15 is 0 Å². The van der Waals surface area contributed by atoms with Crippen molar-refractivity contribution in [1.82, 2.24) is 10.2 Å². The molecule has 0 aromatic heterocycles. The lowest BCUT2D eigenvalue weighted by Gasteiger charge is -2.49. The number of carbonyl (C=O) groups is 3. The number of nitrogens with one attached hydrogen (secondary N) is 2. The van der Waals surface area contributed by atoms with Crippen LogP contribution < -0.4 is 10.2 Å². The number of alkyl carbamates (subject to hydrolysis) is 1. The number of esters is 1. The van der Waals surface area contributed by atoms with Gasteiger partial charge in [-0.05, 0) is 122 Å². The molecule has 0 heterocycles. The zero-order valence-corrected chi connectivity index (χ0v) is 27.1. The molecular formula is C31H55ClN2O7. The molecule has 2 spiro atoms. The number of aliphatic hydroxyl groups excluding tert-OH is 1. The van der Waals surface area contributed by atoms with Crippen LogP contribution in [0.25, 0.3) is 0 Å². The van der Waals surface area contributed by atoms with Crippen LogP contribution in [0.4, 0.5) is 4.79 Å². The monoisotopic (exact) mass is 602 g/mol. The Kier molecular flexibility index (Phi) is 12.4. The zero-order chi connectivity index (χ0) is 31.1. The lowest BCUT2D eigenvalue weighted by atomic mass is 9.59. The fourth-order valence-corrected chi connectivity index (χ4v) is 6.38. The van der Waals surface area contributed by atoms with Gasteiger partial charge >= 0.3 is 18.0 Å². The van der Waals surface area contributed by atoms with Crippen molar-refractivity contribution in [2.24, 2.45) is 10.8 Å². The van der Waals surface area contributed by atoms with Crippen molar-refractivity contribution in [2.75, 3.05) is 0 Å². The van der Waals surface area contributed by atoms with Crippen LogP contribution in [-0.4, -0.2) is 57.1 Å². The summed E-state index contributed by atoms with van der Waals surface area (Å²) < 4.78 is 10.4. The molecule has 41 heavy (non-hydrogen) atoms. The fourth-order valence-electron chi connectivity index (χ4n) is 6.30. The average molecular weight is 603 g/mol. The van der Waals surface area contributed by atoms with E-state index in [1.54, 1.807) is 34.6 Å². The van der Waals surface area contributed by atoms with E-state index in [0.29, 0.717) is 10.8 Å². The molecule has 0 saturated heterocycles. The first-order valence-corrected chi connectivity index (χ1v) is 15.7. The third-order valence-corrected chi connectivity index (χ3v) is 9.33. The van der Waals surface area contributed by atoms with E-state index in [1.807, 2.05) is 0 Å². The molecule has 4 aliphatic carbocycles. The Bertz CT molecular complexity index is 864. The molecule has 4 fully saturated rings. The van der Waals surface area contributed by atoms with Crippen molar-refractivity contribution in [3.05, 3.63) is 0 Å². The van der Waals surface area contributed by atoms with E-state index < -0.39 is 28.7 Å². The standard InChI is InChI=1S/C13H22ClNO2.C9H17NO4.C9H16O/c1-12(2,15-14)11(16)17-10-8-13(9-10)6-4-3-5-7-13;1-8(2,3)14-7(13)10-9(4,5)6(11)12;10-8-6-9(7-8)4-2-1-3-5-9/h10,15H,3-9H2,1-2H3;1-5H3,(H,10,13)(H,11,12);8,10H,1-7H2. The van der Waals surface area contributed by atoms with Crippen molar-refractivity contribution >= 4 is 29.8 Å². The van der Waals surface area contributed by atoms with Crippen molar-refractivity contribution in [2.45, 2.75) is 167 Å². The van der Waals surface area contributed by atoms with Crippen molar-refractivity contribution in [3.63, 3.8) is 0 Å². The Morgan fingerprint density at radius 2 is 1.20 bits per heavy atom. The number of carboxylic acid groups (broad SMARTS) is 1. The summed E-state index contributed by atoms with van der Waals surface area (Å²) in [5.74, 6) is -1.36. The molecule has 4 aliphatic rings. The molecule has 0 aliphatic heterocycles. The number of aliphatic carboxylic acids is 1. The number of halogens is 1. The number of rotatable bonds is 5. The number of hydrogen-bond acceptors (Lipinski definition) is 7. The summed E-state index contributed by atoms with van der Waals surface area (Å²) in [6.07, 6.45) is 17.5. The molecule has 0 radical (unpaired) electrons. The predicted molar refractivity (Wildman–Crippen MR) is 160 cm³/mol. The molecule has 9 nitrogen and oxygen atoms in total. The number of carboxylic acids is 1. The van der Waals surface area contributed by atoms with Gasteiger partial charge in [-0.2, -0.15) is 0 Å². The average Bonchev–Trinajstić information content (AvgIpc) is 2.82. The molecule has 0 bridgehead atoms. The maximum Gasteiger partial charge on any atom is 0.408 e. The van der Waals surface area contributed by atoms with Crippen LogP contribution in [0.5, 0.6) is 0 Å². The summed E-state index contributed by atoms with van der Waals surface area (Å²) in [7, 11) is 0. The summed E-state index contributed by atoms with van der Waals surface area (Å²) in [5, 5.41) is 20.1. The Balaban J connectivity index is 0.000000222. The molecule has 4 N–H and O–H groups in total. The quantitative estimate of drug-likeness (QED) is 0.203. The van der Waals surface area contributed by atoms with E-state index in [0.717, 1.165) is 25.7 Å². The normalized spacial score (nSPS) is 23.4. The summed E-state index contributed by atoms with van der Waals surface area (Å²) >= 11 is 5.52. The molecule has 0 unspecified atom stereocenters. The highest BCUT2D eigenvalue weighted by atomic mass is 35.5. The van der Waals surface area contributed by atoms with Crippen LogP contribution in [-0.2, 0) is 19.1 Å². The van der Waals surface area contributed by atoms with Gasteiger partial charge in [0.15, 0.2) is 0 Å². The minimum atomic E-state index is -1.32. The molecule has 4 saturated carbocycles. The fraction of sp³-hybridized carbons (Fsp3) is 0.903. The summed E-state index contributed by atoms with van der Waals surface area (Å²) in [6.45, 7) is 11.4. The van der Waals surface area contributed by atoms with E-state index in [2.05, 4.69) is 10.2 Å². The number of amides is 1. The van der Waals surface area contributed by atoms with Gasteiger partial charge in [-0.25, -0.2) is 14.4 Å². The van der Waals surface area contributed by atoms with Crippen LogP contribution >= 0.6 is 11.8 Å². The Hall–Kier alpha value is -1.58. The zero-order valence-electron chi connectivity index (χ0n) is 26.4. The molecule has 0 aromatic rings. The number of carbonyl (C=O) groups excluding carboxylic acids is 2. The Labute approximate surface area is 251 Å². The van der Waals surface area contributed by atoms with Crippen LogP contribution in [0.1, 0.15) is 138 Å². The SMILES string of the molecule is CC(C)(C)OC(=O)NC(C)(C)C(=O)O.CC(C)(NCl)C(=O)OC1CC2(CCCCC2)C1.OC1CC2(CCCCC2)C1. The van der Waals surface area contributed by atoms with Gasteiger partial charge in [-0.3, -0.25) is 4.79 Å².